The quantitative estimate of drug-likeness (QED) is 0.182. The molecule has 18 atom stereocenters. The van der Waals surface area contributed by atoms with E-state index in [9.17, 15) is 19.2 Å². The highest BCUT2D eigenvalue weighted by atomic mass is 16.7. The zero-order chi connectivity index (χ0) is 38.2. The molecule has 0 amide bonds. The van der Waals surface area contributed by atoms with Gasteiger partial charge in [0, 0.05) is 40.0 Å². The third-order valence-corrected chi connectivity index (χ3v) is 15.1. The molecule has 1 spiro atoms. The fourth-order valence-corrected chi connectivity index (χ4v) is 13.0. The Morgan fingerprint density at radius 1 is 0.660 bits per heavy atom. The predicted octanol–water partition coefficient (Wildman–Crippen LogP) is 5.90. The van der Waals surface area contributed by atoms with Crippen LogP contribution in [0.15, 0.2) is 0 Å². The summed E-state index contributed by atoms with van der Waals surface area (Å²) in [5.41, 5.74) is -0.0238. The SMILES string of the molecule is CC(=O)O[C@H]1CC[C@@]2(C)[C@H](C1)[C@@H](O[C@@H]1O[C@H](C)[C@@H](OC(C)=O)[C@H](OC(C)=O)[C@H]1OC(C)=O)C[C@@H]1[C@@H]2CC[C@]2(C)[C@@H]3[C@H](C[C@@H]12)O[C@]1(CC[C@H](C)CO1)[C@H]3C. The summed E-state index contributed by atoms with van der Waals surface area (Å²) in [7, 11) is 0. The van der Waals surface area contributed by atoms with Gasteiger partial charge in [-0.05, 0) is 105 Å². The molecule has 7 fully saturated rings. The molecule has 7 rings (SSSR count). The lowest BCUT2D eigenvalue weighted by Gasteiger charge is -2.63. The molecule has 4 saturated carbocycles. The Labute approximate surface area is 314 Å². The summed E-state index contributed by atoms with van der Waals surface area (Å²) >= 11 is 0. The zero-order valence-corrected chi connectivity index (χ0v) is 33.1. The summed E-state index contributed by atoms with van der Waals surface area (Å²) < 4.78 is 50.1. The van der Waals surface area contributed by atoms with Gasteiger partial charge in [-0.3, -0.25) is 19.2 Å². The van der Waals surface area contributed by atoms with Gasteiger partial charge in [0.25, 0.3) is 0 Å². The Morgan fingerprint density at radius 2 is 1.30 bits per heavy atom. The summed E-state index contributed by atoms with van der Waals surface area (Å²) in [6.45, 7) is 17.3. The number of carbonyl (C=O) groups excluding carboxylic acids is 4. The highest BCUT2D eigenvalue weighted by molar-refractivity contribution is 5.68. The molecule has 53 heavy (non-hydrogen) atoms. The molecular formula is C41H62O12. The molecule has 3 aliphatic heterocycles. The topological polar surface area (TPSA) is 142 Å². The van der Waals surface area contributed by atoms with Gasteiger partial charge in [0.1, 0.15) is 6.10 Å². The van der Waals surface area contributed by atoms with Crippen molar-refractivity contribution in [2.75, 3.05) is 6.61 Å². The Morgan fingerprint density at radius 3 is 1.94 bits per heavy atom. The lowest BCUT2D eigenvalue weighted by molar-refractivity contribution is -0.326. The minimum absolute atomic E-state index is 0.0263. The number of fused-ring (bicyclic) bond motifs is 7. The lowest BCUT2D eigenvalue weighted by Crippen LogP contribution is -2.64. The highest BCUT2D eigenvalue weighted by Gasteiger charge is 2.70. The number of ether oxygens (including phenoxy) is 8. The standard InChI is InChI=1S/C41H62O12/c1-20-10-15-41(46-19-20)21(2)34-33(53-41)18-30-28-17-32(31-16-27(48-23(4)42)11-13-39(31,8)29(28)12-14-40(30,34)9)52-38-37(51-26(7)45)36(50-25(6)44)35(22(3)47-38)49-24(5)43/h20-22,27-38H,10-19H2,1-9H3/t20-,21-,22+,27-,28+,29-,30-,31+,32-,33-,34-,35+,36-,37+,38-,39+,40-,41+/m0/s1. The molecule has 0 radical (unpaired) electrons. The first-order chi connectivity index (χ1) is 25.0. The van der Waals surface area contributed by atoms with Crippen LogP contribution in [0.1, 0.15) is 120 Å². The Balaban J connectivity index is 1.21. The number of carbonyl (C=O) groups is 4. The van der Waals surface area contributed by atoms with Crippen LogP contribution in [-0.2, 0) is 57.1 Å². The maximum atomic E-state index is 12.6. The maximum Gasteiger partial charge on any atom is 0.303 e. The van der Waals surface area contributed by atoms with Gasteiger partial charge in [0.2, 0.25) is 0 Å². The fourth-order valence-electron chi connectivity index (χ4n) is 13.0. The number of esters is 4. The maximum absolute atomic E-state index is 12.6. The van der Waals surface area contributed by atoms with E-state index in [-0.39, 0.29) is 41.0 Å². The Bertz CT molecular complexity index is 1420. The molecule has 0 aromatic carbocycles. The highest BCUT2D eigenvalue weighted by Crippen LogP contribution is 2.71. The van der Waals surface area contributed by atoms with Crippen molar-refractivity contribution in [3.05, 3.63) is 0 Å². The monoisotopic (exact) mass is 746 g/mol. The van der Waals surface area contributed by atoms with Gasteiger partial charge in [-0.1, -0.05) is 27.7 Å². The van der Waals surface area contributed by atoms with Crippen molar-refractivity contribution in [2.24, 2.45) is 52.3 Å². The molecule has 12 nitrogen and oxygen atoms in total. The van der Waals surface area contributed by atoms with Crippen molar-refractivity contribution in [2.45, 2.75) is 175 Å². The van der Waals surface area contributed by atoms with Crippen molar-refractivity contribution >= 4 is 23.9 Å². The van der Waals surface area contributed by atoms with Crippen LogP contribution in [0, 0.1) is 52.3 Å². The first-order valence-electron chi connectivity index (χ1n) is 20.3. The van der Waals surface area contributed by atoms with E-state index in [1.54, 1.807) is 6.92 Å². The average molecular weight is 747 g/mol. The van der Waals surface area contributed by atoms with Gasteiger partial charge in [-0.15, -0.1) is 0 Å². The van der Waals surface area contributed by atoms with Crippen LogP contribution in [0.4, 0.5) is 0 Å². The number of hydrogen-bond donors (Lipinski definition) is 0. The van der Waals surface area contributed by atoms with Gasteiger partial charge < -0.3 is 37.9 Å². The normalized spacial score (nSPS) is 50.2. The average Bonchev–Trinajstić information content (AvgIpc) is 3.51. The molecule has 0 aromatic rings. The van der Waals surface area contributed by atoms with Crippen LogP contribution in [0.25, 0.3) is 0 Å². The minimum Gasteiger partial charge on any atom is -0.463 e. The molecule has 7 aliphatic rings. The van der Waals surface area contributed by atoms with E-state index in [2.05, 4.69) is 27.7 Å². The molecule has 4 aliphatic carbocycles. The number of rotatable bonds is 6. The van der Waals surface area contributed by atoms with Crippen LogP contribution in [0.5, 0.6) is 0 Å². The molecule has 298 valence electrons. The number of hydrogen-bond acceptors (Lipinski definition) is 12. The first-order valence-corrected chi connectivity index (χ1v) is 20.3. The molecule has 0 N–H and O–H groups in total. The third kappa shape index (κ3) is 6.83. The van der Waals surface area contributed by atoms with Crippen LogP contribution in [0.3, 0.4) is 0 Å². The van der Waals surface area contributed by atoms with Gasteiger partial charge in [-0.2, -0.15) is 0 Å². The van der Waals surface area contributed by atoms with E-state index in [1.807, 2.05) is 0 Å². The van der Waals surface area contributed by atoms with E-state index < -0.39 is 54.4 Å². The first kappa shape index (κ1) is 39.0. The fraction of sp³-hybridized carbons (Fsp3) is 0.902. The largest absolute Gasteiger partial charge is 0.463 e. The third-order valence-electron chi connectivity index (χ3n) is 15.1. The Kier molecular flexibility index (Phi) is 10.5. The molecule has 0 unspecified atom stereocenters. The summed E-state index contributed by atoms with van der Waals surface area (Å²) in [6.07, 6.45) is 2.84. The van der Waals surface area contributed by atoms with Crippen molar-refractivity contribution < 1.29 is 57.1 Å². The van der Waals surface area contributed by atoms with E-state index in [4.69, 9.17) is 37.9 Å². The van der Waals surface area contributed by atoms with Gasteiger partial charge >= 0.3 is 23.9 Å². The van der Waals surface area contributed by atoms with Crippen LogP contribution >= 0.6 is 0 Å². The van der Waals surface area contributed by atoms with Crippen LogP contribution < -0.4 is 0 Å². The lowest BCUT2D eigenvalue weighted by atomic mass is 9.43. The molecule has 3 heterocycles. The molecule has 0 bridgehead atoms. The van der Waals surface area contributed by atoms with Crippen molar-refractivity contribution in [3.63, 3.8) is 0 Å². The van der Waals surface area contributed by atoms with Gasteiger partial charge in [-0.25, -0.2) is 0 Å². The second-order valence-electron chi connectivity index (χ2n) is 18.4. The molecular weight excluding hydrogens is 684 g/mol. The predicted molar refractivity (Wildman–Crippen MR) is 189 cm³/mol. The second kappa shape index (κ2) is 14.3. The van der Waals surface area contributed by atoms with Crippen molar-refractivity contribution in [3.8, 4) is 0 Å². The van der Waals surface area contributed by atoms with E-state index in [0.29, 0.717) is 41.9 Å². The molecule has 3 saturated heterocycles. The van der Waals surface area contributed by atoms with E-state index >= 15 is 0 Å². The molecule has 12 heteroatoms. The minimum atomic E-state index is -1.18. The van der Waals surface area contributed by atoms with Crippen LogP contribution in [-0.4, -0.2) is 85.3 Å². The molecule has 0 aromatic heterocycles. The summed E-state index contributed by atoms with van der Waals surface area (Å²) in [5, 5.41) is 0. The second-order valence-corrected chi connectivity index (χ2v) is 18.4. The smallest absolute Gasteiger partial charge is 0.303 e. The van der Waals surface area contributed by atoms with Gasteiger partial charge in [0.15, 0.2) is 30.4 Å². The van der Waals surface area contributed by atoms with Crippen molar-refractivity contribution in [1.82, 2.24) is 0 Å². The summed E-state index contributed by atoms with van der Waals surface area (Å²) in [6, 6.07) is 0. The summed E-state index contributed by atoms with van der Waals surface area (Å²) in [4.78, 5) is 49.3. The Hall–Kier alpha value is -2.28. The summed E-state index contributed by atoms with van der Waals surface area (Å²) in [5.74, 6) is -0.0624. The van der Waals surface area contributed by atoms with E-state index in [0.717, 1.165) is 58.0 Å². The zero-order valence-electron chi connectivity index (χ0n) is 33.1. The van der Waals surface area contributed by atoms with Gasteiger partial charge in [0.05, 0.1) is 24.9 Å². The van der Waals surface area contributed by atoms with Crippen molar-refractivity contribution in [1.29, 1.82) is 0 Å². The van der Waals surface area contributed by atoms with Crippen LogP contribution in [0.2, 0.25) is 0 Å². The van der Waals surface area contributed by atoms with E-state index in [1.165, 1.54) is 27.7 Å².